The van der Waals surface area contributed by atoms with Crippen molar-refractivity contribution < 1.29 is 14.4 Å². The summed E-state index contributed by atoms with van der Waals surface area (Å²) in [5.41, 5.74) is 1.02. The number of aliphatic hydroxyl groups is 1. The molecule has 3 rings (SSSR count). The molecule has 0 radical (unpaired) electrons. The molecule has 0 spiro atoms. The Morgan fingerprint density at radius 3 is 1.96 bits per heavy atom. The fraction of sp³-hybridized carbons (Fsp3) is 0.350. The maximum atomic E-state index is 11.7. The van der Waals surface area contributed by atoms with Crippen LogP contribution in [0, 0.1) is 0 Å². The highest BCUT2D eigenvalue weighted by Gasteiger charge is 2.42. The second-order valence-electron chi connectivity index (χ2n) is 7.38. The maximum absolute atomic E-state index is 11.7. The minimum Gasteiger partial charge on any atom is -0.386 e. The summed E-state index contributed by atoms with van der Waals surface area (Å²) in [5, 5.41) is 15.9. The van der Waals surface area contributed by atoms with E-state index in [9.17, 15) is 5.11 Å². The van der Waals surface area contributed by atoms with Crippen LogP contribution in [0.25, 0.3) is 0 Å². The Hall–Kier alpha value is -2.17. The van der Waals surface area contributed by atoms with Crippen LogP contribution in [0.4, 0.5) is 0 Å². The van der Waals surface area contributed by atoms with E-state index >= 15 is 0 Å². The van der Waals surface area contributed by atoms with Gasteiger partial charge in [-0.2, -0.15) is 0 Å². The maximum Gasteiger partial charge on any atom is 0.181 e. The summed E-state index contributed by atoms with van der Waals surface area (Å²) in [6.45, 7) is 0.840. The fourth-order valence-electron chi connectivity index (χ4n) is 3.21. The van der Waals surface area contributed by atoms with Gasteiger partial charge in [0.1, 0.15) is 12.3 Å². The molecule has 1 atom stereocenters. The highest BCUT2D eigenvalue weighted by atomic mass is 16.6. The first-order chi connectivity index (χ1) is 11.4. The van der Waals surface area contributed by atoms with E-state index in [-0.39, 0.29) is 6.10 Å². The van der Waals surface area contributed by atoms with Crippen LogP contribution in [-0.2, 0) is 10.4 Å². The average Bonchev–Trinajstić information content (AvgIpc) is 3.02. The monoisotopic (exact) mass is 325 g/mol. The van der Waals surface area contributed by atoms with Gasteiger partial charge in [0.15, 0.2) is 11.7 Å². The first-order valence-corrected chi connectivity index (χ1v) is 8.26. The van der Waals surface area contributed by atoms with Gasteiger partial charge < -0.3 is 14.4 Å². The number of hydrogen-bond donors (Lipinski definition) is 1. The summed E-state index contributed by atoms with van der Waals surface area (Å²) >= 11 is 0. The third-order valence-electron chi connectivity index (χ3n) is 4.29. The first kappa shape index (κ1) is 16.7. The van der Waals surface area contributed by atoms with Crippen LogP contribution in [0.3, 0.4) is 0 Å². The number of likely N-dealkylation sites (N-methyl/N-ethyl adjacent to an activating group) is 1. The van der Waals surface area contributed by atoms with Gasteiger partial charge in [0.25, 0.3) is 0 Å². The van der Waals surface area contributed by atoms with Crippen molar-refractivity contribution in [3.8, 4) is 0 Å². The predicted molar refractivity (Wildman–Crippen MR) is 95.7 cm³/mol. The van der Waals surface area contributed by atoms with Crippen molar-refractivity contribution in [3.05, 3.63) is 71.8 Å². The van der Waals surface area contributed by atoms with E-state index in [1.165, 1.54) is 0 Å². The molecule has 1 aliphatic rings. The van der Waals surface area contributed by atoms with E-state index in [0.29, 0.717) is 12.1 Å². The van der Waals surface area contributed by atoms with Crippen molar-refractivity contribution in [1.82, 2.24) is 0 Å². The molecule has 0 amide bonds. The quantitative estimate of drug-likeness (QED) is 0.859. The number of hydrogen-bond acceptors (Lipinski definition) is 3. The molecule has 0 fully saturated rings. The van der Waals surface area contributed by atoms with Crippen molar-refractivity contribution in [2.45, 2.75) is 18.1 Å². The van der Waals surface area contributed by atoms with Gasteiger partial charge in [-0.3, -0.25) is 0 Å². The Kier molecular flexibility index (Phi) is 4.43. The van der Waals surface area contributed by atoms with E-state index in [1.807, 2.05) is 60.7 Å². The molecular weight excluding hydrogens is 300 g/mol. The summed E-state index contributed by atoms with van der Waals surface area (Å²) < 4.78 is 0.794. The average molecular weight is 325 g/mol. The Balaban J connectivity index is 1.96. The summed E-state index contributed by atoms with van der Waals surface area (Å²) in [4.78, 5) is 5.64. The largest absolute Gasteiger partial charge is 0.386 e. The minimum atomic E-state index is -1.26. The standard InChI is InChI=1S/C20H25N2O2/c1-22(2,3)15-18-14-19(21-24-18)20(23,16-10-6-4-7-11-16)17-12-8-5-9-13-17/h4-13,18,23H,14-15H2,1-3H3/q+1. The molecule has 4 heteroatoms. The molecule has 0 saturated carbocycles. The number of rotatable bonds is 5. The highest BCUT2D eigenvalue weighted by Crippen LogP contribution is 2.35. The van der Waals surface area contributed by atoms with Crippen molar-refractivity contribution in [2.24, 2.45) is 5.16 Å². The summed E-state index contributed by atoms with van der Waals surface area (Å²) in [7, 11) is 6.38. The molecule has 4 nitrogen and oxygen atoms in total. The number of nitrogens with zero attached hydrogens (tertiary/aromatic N) is 2. The molecule has 0 aliphatic carbocycles. The van der Waals surface area contributed by atoms with Gasteiger partial charge in [0, 0.05) is 6.42 Å². The molecule has 1 heterocycles. The Labute approximate surface area is 143 Å². The summed E-state index contributed by atoms with van der Waals surface area (Å²) in [6.07, 6.45) is 0.606. The Morgan fingerprint density at radius 1 is 1.00 bits per heavy atom. The van der Waals surface area contributed by atoms with Crippen molar-refractivity contribution >= 4 is 5.71 Å². The molecule has 1 aliphatic heterocycles. The van der Waals surface area contributed by atoms with E-state index < -0.39 is 5.60 Å². The van der Waals surface area contributed by atoms with Crippen molar-refractivity contribution in [3.63, 3.8) is 0 Å². The highest BCUT2D eigenvalue weighted by molar-refractivity contribution is 5.97. The van der Waals surface area contributed by atoms with Gasteiger partial charge >= 0.3 is 0 Å². The first-order valence-electron chi connectivity index (χ1n) is 8.26. The van der Waals surface area contributed by atoms with Gasteiger partial charge in [0.2, 0.25) is 0 Å². The predicted octanol–water partition coefficient (Wildman–Crippen LogP) is 2.77. The van der Waals surface area contributed by atoms with E-state index in [0.717, 1.165) is 22.2 Å². The van der Waals surface area contributed by atoms with Gasteiger partial charge in [-0.1, -0.05) is 65.8 Å². The number of benzene rings is 2. The molecule has 1 N–H and O–H groups in total. The minimum absolute atomic E-state index is 0.0149. The number of quaternary nitrogens is 1. The Bertz CT molecular complexity index is 666. The van der Waals surface area contributed by atoms with Gasteiger partial charge in [-0.15, -0.1) is 0 Å². The van der Waals surface area contributed by atoms with E-state index in [1.54, 1.807) is 0 Å². The Morgan fingerprint density at radius 2 is 1.50 bits per heavy atom. The van der Waals surface area contributed by atoms with Crippen LogP contribution in [0.2, 0.25) is 0 Å². The van der Waals surface area contributed by atoms with E-state index in [2.05, 4.69) is 26.3 Å². The van der Waals surface area contributed by atoms with E-state index in [4.69, 9.17) is 4.84 Å². The van der Waals surface area contributed by atoms with Gasteiger partial charge in [0.05, 0.1) is 21.1 Å². The van der Waals surface area contributed by atoms with Gasteiger partial charge in [-0.05, 0) is 11.1 Å². The second-order valence-corrected chi connectivity index (χ2v) is 7.38. The lowest BCUT2D eigenvalue weighted by atomic mass is 9.80. The summed E-state index contributed by atoms with van der Waals surface area (Å²) in [6, 6.07) is 19.4. The van der Waals surface area contributed by atoms with Crippen LogP contribution in [0.15, 0.2) is 65.8 Å². The van der Waals surface area contributed by atoms with Crippen LogP contribution >= 0.6 is 0 Å². The molecule has 126 valence electrons. The molecule has 0 saturated heterocycles. The lowest BCUT2D eigenvalue weighted by molar-refractivity contribution is -0.873. The smallest absolute Gasteiger partial charge is 0.181 e. The fourth-order valence-corrected chi connectivity index (χ4v) is 3.21. The molecule has 24 heavy (non-hydrogen) atoms. The zero-order valence-corrected chi connectivity index (χ0v) is 14.5. The third-order valence-corrected chi connectivity index (χ3v) is 4.29. The summed E-state index contributed by atoms with van der Waals surface area (Å²) in [5.74, 6) is 0. The third kappa shape index (κ3) is 3.35. The molecule has 2 aromatic carbocycles. The van der Waals surface area contributed by atoms with Crippen LogP contribution < -0.4 is 0 Å². The van der Waals surface area contributed by atoms with Crippen molar-refractivity contribution in [2.75, 3.05) is 27.7 Å². The SMILES string of the molecule is C[N+](C)(C)CC1CC(C(O)(c2ccccc2)c2ccccc2)=NO1. The lowest BCUT2D eigenvalue weighted by Crippen LogP contribution is -2.43. The zero-order valence-electron chi connectivity index (χ0n) is 14.5. The zero-order chi connectivity index (χ0) is 17.2. The molecule has 0 aromatic heterocycles. The molecule has 2 aromatic rings. The van der Waals surface area contributed by atoms with Gasteiger partial charge in [-0.25, -0.2) is 0 Å². The van der Waals surface area contributed by atoms with Crippen LogP contribution in [0.5, 0.6) is 0 Å². The van der Waals surface area contributed by atoms with Crippen molar-refractivity contribution in [1.29, 1.82) is 0 Å². The van der Waals surface area contributed by atoms with Crippen LogP contribution in [0.1, 0.15) is 17.5 Å². The molecular formula is C20H25N2O2+. The number of oxime groups is 1. The lowest BCUT2D eigenvalue weighted by Gasteiger charge is -2.29. The topological polar surface area (TPSA) is 41.8 Å². The second kappa shape index (κ2) is 6.38. The normalized spacial score (nSPS) is 18.2. The molecule has 0 bridgehead atoms. The molecule has 1 unspecified atom stereocenters. The van der Waals surface area contributed by atoms with Crippen LogP contribution in [-0.4, -0.2) is 49.1 Å².